The van der Waals surface area contributed by atoms with Gasteiger partial charge < -0.3 is 14.0 Å². The first-order valence-corrected chi connectivity index (χ1v) is 16.6. The molecule has 0 heterocycles. The number of esters is 2. The second kappa shape index (κ2) is 25.1. The molecule has 2 unspecified atom stereocenters. The molecule has 5 nitrogen and oxygen atoms in total. The van der Waals surface area contributed by atoms with Gasteiger partial charge in [0.25, 0.3) is 0 Å². The predicted octanol–water partition coefficient (Wildman–Crippen LogP) is 9.35. The van der Waals surface area contributed by atoms with Gasteiger partial charge in [-0.3, -0.25) is 0 Å². The van der Waals surface area contributed by atoms with Crippen molar-refractivity contribution in [2.75, 3.05) is 34.3 Å². The fraction of sp³-hybridized carbons (Fsp3) is 0.829. The lowest BCUT2D eigenvalue weighted by Crippen LogP contribution is -2.45. The summed E-state index contributed by atoms with van der Waals surface area (Å²) in [5, 5.41) is 0. The van der Waals surface area contributed by atoms with Gasteiger partial charge in [0.1, 0.15) is 12.7 Å². The van der Waals surface area contributed by atoms with Crippen molar-refractivity contribution in [2.45, 2.75) is 148 Å². The van der Waals surface area contributed by atoms with Gasteiger partial charge in [-0.05, 0) is 19.8 Å². The molecule has 0 fully saturated rings. The molecule has 234 valence electrons. The van der Waals surface area contributed by atoms with Crippen molar-refractivity contribution in [3.05, 3.63) is 24.8 Å². The Balaban J connectivity index is 4.12. The Morgan fingerprint density at radius 3 is 1.48 bits per heavy atom. The molecule has 5 heteroatoms. The normalized spacial score (nSPS) is 13.0. The Morgan fingerprint density at radius 2 is 1.12 bits per heavy atom. The molecule has 0 aromatic rings. The van der Waals surface area contributed by atoms with Crippen LogP contribution >= 0.6 is 0 Å². The van der Waals surface area contributed by atoms with E-state index in [1.165, 1.54) is 115 Å². The fourth-order valence-electron chi connectivity index (χ4n) is 5.28. The van der Waals surface area contributed by atoms with Crippen LogP contribution in [0.25, 0.3) is 0 Å². The monoisotopic (exact) mass is 564 g/mol. The van der Waals surface area contributed by atoms with Crippen LogP contribution in [0, 0.1) is 5.92 Å². The quantitative estimate of drug-likeness (QED) is 0.0411. The molecular formula is C35H66NO4+. The Kier molecular flexibility index (Phi) is 24.1. The zero-order valence-corrected chi connectivity index (χ0v) is 27.3. The topological polar surface area (TPSA) is 52.6 Å². The van der Waals surface area contributed by atoms with E-state index in [4.69, 9.17) is 9.47 Å². The molecule has 0 aromatic carbocycles. The molecule has 0 aliphatic carbocycles. The van der Waals surface area contributed by atoms with Crippen LogP contribution < -0.4 is 0 Å². The molecule has 0 amide bonds. The lowest BCUT2D eigenvalue weighted by atomic mass is 9.95. The van der Waals surface area contributed by atoms with Gasteiger partial charge in [-0.1, -0.05) is 136 Å². The van der Waals surface area contributed by atoms with Gasteiger partial charge in [0.05, 0.1) is 33.6 Å². The highest BCUT2D eigenvalue weighted by Gasteiger charge is 2.31. The molecule has 2 atom stereocenters. The number of nitrogens with zero attached hydrogens (tertiary/aromatic N) is 1. The smallest absolute Gasteiger partial charge is 0.333 e. The van der Waals surface area contributed by atoms with E-state index in [9.17, 15) is 9.59 Å². The van der Waals surface area contributed by atoms with E-state index in [1.807, 2.05) is 0 Å². The summed E-state index contributed by atoms with van der Waals surface area (Å²) in [4.78, 5) is 24.1. The first kappa shape index (κ1) is 38.4. The van der Waals surface area contributed by atoms with Gasteiger partial charge in [0.15, 0.2) is 0 Å². The molecule has 0 radical (unpaired) electrons. The van der Waals surface area contributed by atoms with E-state index in [0.717, 1.165) is 25.8 Å². The number of carbonyl (C=O) groups excluding carboxylic acids is 2. The number of unbranched alkanes of at least 4 members (excludes halogenated alkanes) is 18. The van der Waals surface area contributed by atoms with Crippen molar-refractivity contribution in [3.63, 3.8) is 0 Å². The first-order valence-electron chi connectivity index (χ1n) is 16.6. The van der Waals surface area contributed by atoms with E-state index in [2.05, 4.69) is 41.2 Å². The summed E-state index contributed by atoms with van der Waals surface area (Å²) in [6.07, 6.45) is 27.2. The molecule has 0 saturated heterocycles. The summed E-state index contributed by atoms with van der Waals surface area (Å²) in [7, 11) is 6.28. The van der Waals surface area contributed by atoms with Crippen LogP contribution in [0.5, 0.6) is 0 Å². The van der Waals surface area contributed by atoms with E-state index < -0.39 is 5.97 Å². The zero-order chi connectivity index (χ0) is 30.1. The van der Waals surface area contributed by atoms with Crippen LogP contribution in [0.4, 0.5) is 0 Å². The Hall–Kier alpha value is -1.62. The largest absolute Gasteiger partial charge is 0.462 e. The van der Waals surface area contributed by atoms with Crippen molar-refractivity contribution in [1.29, 1.82) is 0 Å². The minimum absolute atomic E-state index is 0.0808. The van der Waals surface area contributed by atoms with Gasteiger partial charge in [0.2, 0.25) is 0 Å². The minimum Gasteiger partial charge on any atom is -0.462 e. The molecular weight excluding hydrogens is 498 g/mol. The average molecular weight is 565 g/mol. The van der Waals surface area contributed by atoms with Gasteiger partial charge in [-0.25, -0.2) is 9.59 Å². The molecule has 0 spiro atoms. The predicted molar refractivity (Wildman–Crippen MR) is 170 cm³/mol. The fourth-order valence-corrected chi connectivity index (χ4v) is 5.28. The molecule has 0 bridgehead atoms. The third-order valence-corrected chi connectivity index (χ3v) is 7.61. The summed E-state index contributed by atoms with van der Waals surface area (Å²) < 4.78 is 11.9. The molecule has 0 rings (SSSR count). The van der Waals surface area contributed by atoms with Crippen molar-refractivity contribution in [3.8, 4) is 0 Å². The third-order valence-electron chi connectivity index (χ3n) is 7.61. The van der Waals surface area contributed by atoms with Gasteiger partial charge in [-0.2, -0.15) is 0 Å². The lowest BCUT2D eigenvalue weighted by Gasteiger charge is -2.33. The number of hydrogen-bond acceptors (Lipinski definition) is 4. The maximum Gasteiger partial charge on any atom is 0.333 e. The summed E-state index contributed by atoms with van der Waals surface area (Å²) in [6, 6.07) is 0. The number of rotatable bonds is 28. The third kappa shape index (κ3) is 24.2. The highest BCUT2D eigenvalue weighted by Crippen LogP contribution is 2.22. The Morgan fingerprint density at radius 1 is 0.725 bits per heavy atom. The van der Waals surface area contributed by atoms with E-state index in [0.29, 0.717) is 10.1 Å². The average Bonchev–Trinajstić information content (AvgIpc) is 2.90. The minimum atomic E-state index is -0.445. The van der Waals surface area contributed by atoms with Crippen LogP contribution in [0.1, 0.15) is 142 Å². The van der Waals surface area contributed by atoms with Gasteiger partial charge in [-0.15, -0.1) is 0 Å². The summed E-state index contributed by atoms with van der Waals surface area (Å²) >= 11 is 0. The van der Waals surface area contributed by atoms with Crippen molar-refractivity contribution in [1.82, 2.24) is 0 Å². The van der Waals surface area contributed by atoms with Crippen molar-refractivity contribution >= 4 is 11.9 Å². The number of ether oxygens (including phenoxy) is 2. The van der Waals surface area contributed by atoms with Crippen LogP contribution in [-0.2, 0) is 19.1 Å². The molecule has 40 heavy (non-hydrogen) atoms. The van der Waals surface area contributed by atoms with Gasteiger partial charge >= 0.3 is 11.9 Å². The highest BCUT2D eigenvalue weighted by atomic mass is 16.6. The van der Waals surface area contributed by atoms with E-state index >= 15 is 0 Å². The van der Waals surface area contributed by atoms with E-state index in [-0.39, 0.29) is 24.6 Å². The Labute approximate surface area is 248 Å². The Bertz CT molecular complexity index is 667. The molecule has 0 aliphatic heterocycles. The standard InChI is InChI=1S/C35H66NO4/c1-8-10-11-12-13-14-15-16-17-18-19-20-21-22-23-24-25-26-27-28-33(40-35(38)31(3)4)32(29-36(5,6)7)30-39-34(37)9-2/h9,32-33H,2-3,8,10-30H2,1,4-7H3/q+1. The molecule has 0 saturated carbocycles. The zero-order valence-electron chi connectivity index (χ0n) is 27.3. The van der Waals surface area contributed by atoms with Crippen molar-refractivity contribution in [2.24, 2.45) is 5.92 Å². The first-order chi connectivity index (χ1) is 19.1. The van der Waals surface area contributed by atoms with E-state index in [1.54, 1.807) is 6.92 Å². The molecule has 0 aliphatic rings. The second-order valence-electron chi connectivity index (χ2n) is 12.9. The summed E-state index contributed by atoms with van der Waals surface area (Å²) in [6.45, 7) is 12.1. The number of hydrogen-bond donors (Lipinski definition) is 0. The van der Waals surface area contributed by atoms with Crippen LogP contribution in [0.2, 0.25) is 0 Å². The highest BCUT2D eigenvalue weighted by molar-refractivity contribution is 5.87. The second-order valence-corrected chi connectivity index (χ2v) is 12.9. The van der Waals surface area contributed by atoms with Crippen LogP contribution in [0.15, 0.2) is 24.8 Å². The SMILES string of the molecule is C=CC(=O)OCC(C[N+](C)(C)C)C(CCCCCCCCCCCCCCCCCCCCC)OC(=O)C(=C)C. The lowest BCUT2D eigenvalue weighted by molar-refractivity contribution is -0.874. The maximum atomic E-state index is 12.4. The van der Waals surface area contributed by atoms with Gasteiger partial charge in [0, 0.05) is 11.6 Å². The number of quaternary nitrogens is 1. The van der Waals surface area contributed by atoms with Crippen LogP contribution in [-0.4, -0.2) is 56.8 Å². The maximum absolute atomic E-state index is 12.4. The summed E-state index contributed by atoms with van der Waals surface area (Å²) in [5.74, 6) is -0.896. The van der Waals surface area contributed by atoms with Crippen molar-refractivity contribution < 1.29 is 23.5 Å². The van der Waals surface area contributed by atoms with Crippen LogP contribution in [0.3, 0.4) is 0 Å². The number of carbonyl (C=O) groups is 2. The molecule has 0 aromatic heterocycles. The molecule has 0 N–H and O–H groups in total. The summed E-state index contributed by atoms with van der Waals surface area (Å²) in [5.41, 5.74) is 0.394.